The number of amides is 1. The van der Waals surface area contributed by atoms with Crippen LogP contribution in [-0.2, 0) is 11.3 Å². The van der Waals surface area contributed by atoms with Crippen LogP contribution in [0.15, 0.2) is 48.5 Å². The lowest BCUT2D eigenvalue weighted by molar-refractivity contribution is -0.135. The summed E-state index contributed by atoms with van der Waals surface area (Å²) in [7, 11) is 0. The molecule has 0 atom stereocenters. The van der Waals surface area contributed by atoms with Gasteiger partial charge in [-0.1, -0.05) is 29.8 Å². The molecule has 0 saturated carbocycles. The largest absolute Gasteiger partial charge is 0.484 e. The third kappa shape index (κ3) is 5.41. The van der Waals surface area contributed by atoms with Gasteiger partial charge < -0.3 is 9.64 Å². The smallest absolute Gasteiger partial charge is 0.260 e. The van der Waals surface area contributed by atoms with Crippen molar-refractivity contribution in [2.45, 2.75) is 20.4 Å². The Hall–Kier alpha value is -2.66. The van der Waals surface area contributed by atoms with E-state index in [-0.39, 0.29) is 18.3 Å². The van der Waals surface area contributed by atoms with E-state index in [2.05, 4.69) is 36.1 Å². The first-order valence-electron chi connectivity index (χ1n) is 9.31. The van der Waals surface area contributed by atoms with Crippen LogP contribution in [0, 0.1) is 6.92 Å². The Labute approximate surface area is 160 Å². The Bertz CT molecular complexity index is 793. The molecule has 0 N–H and O–H groups in total. The maximum Gasteiger partial charge on any atom is 0.260 e. The predicted molar refractivity (Wildman–Crippen MR) is 105 cm³/mol. The number of ether oxygens (including phenoxy) is 1. The fraction of sp³-hybridized carbons (Fsp3) is 0.364. The van der Waals surface area contributed by atoms with E-state index in [1.54, 1.807) is 24.3 Å². The monoisotopic (exact) mass is 366 g/mol. The minimum Gasteiger partial charge on any atom is -0.484 e. The summed E-state index contributed by atoms with van der Waals surface area (Å²) < 4.78 is 5.58. The molecule has 0 aliphatic carbocycles. The van der Waals surface area contributed by atoms with Gasteiger partial charge in [0.25, 0.3) is 5.91 Å². The molecular weight excluding hydrogens is 340 g/mol. The van der Waals surface area contributed by atoms with E-state index in [1.165, 1.54) is 18.1 Å². The summed E-state index contributed by atoms with van der Waals surface area (Å²) in [6, 6.07) is 15.4. The van der Waals surface area contributed by atoms with Crippen LogP contribution in [0.25, 0.3) is 0 Å². The van der Waals surface area contributed by atoms with E-state index in [1.807, 2.05) is 4.90 Å². The lowest BCUT2D eigenvalue weighted by Crippen LogP contribution is -2.49. The van der Waals surface area contributed by atoms with Gasteiger partial charge in [0.2, 0.25) is 0 Å². The van der Waals surface area contributed by atoms with Crippen LogP contribution in [0.2, 0.25) is 0 Å². The zero-order valence-corrected chi connectivity index (χ0v) is 16.0. The predicted octanol–water partition coefficient (Wildman–Crippen LogP) is 2.92. The van der Waals surface area contributed by atoms with Crippen molar-refractivity contribution in [3.63, 3.8) is 0 Å². The number of ketones is 1. The van der Waals surface area contributed by atoms with Crippen LogP contribution in [-0.4, -0.2) is 54.3 Å². The number of hydrogen-bond acceptors (Lipinski definition) is 4. The molecule has 27 heavy (non-hydrogen) atoms. The number of hydrogen-bond donors (Lipinski definition) is 0. The van der Waals surface area contributed by atoms with Crippen LogP contribution < -0.4 is 4.74 Å². The zero-order chi connectivity index (χ0) is 19.2. The van der Waals surface area contributed by atoms with Crippen molar-refractivity contribution in [3.8, 4) is 5.75 Å². The van der Waals surface area contributed by atoms with Gasteiger partial charge in [-0.05, 0) is 43.7 Å². The minimum atomic E-state index is 0.000787. The van der Waals surface area contributed by atoms with Crippen LogP contribution in [0.4, 0.5) is 0 Å². The normalized spacial score (nSPS) is 14.8. The molecule has 0 unspecified atom stereocenters. The van der Waals surface area contributed by atoms with Crippen LogP contribution >= 0.6 is 0 Å². The Morgan fingerprint density at radius 2 is 1.70 bits per heavy atom. The number of aryl methyl sites for hydroxylation is 1. The summed E-state index contributed by atoms with van der Waals surface area (Å²) in [6.45, 7) is 7.75. The van der Waals surface area contributed by atoms with Gasteiger partial charge in [0, 0.05) is 38.3 Å². The van der Waals surface area contributed by atoms with Crippen molar-refractivity contribution in [2.24, 2.45) is 0 Å². The molecule has 142 valence electrons. The molecule has 1 amide bonds. The van der Waals surface area contributed by atoms with Gasteiger partial charge >= 0.3 is 0 Å². The van der Waals surface area contributed by atoms with Gasteiger partial charge in [-0.25, -0.2) is 0 Å². The number of carbonyl (C=O) groups is 2. The number of rotatable bonds is 6. The molecule has 2 aromatic rings. The van der Waals surface area contributed by atoms with Crippen molar-refractivity contribution >= 4 is 11.7 Å². The van der Waals surface area contributed by atoms with Crippen molar-refractivity contribution in [2.75, 3.05) is 32.8 Å². The van der Waals surface area contributed by atoms with Gasteiger partial charge in [0.1, 0.15) is 5.75 Å². The van der Waals surface area contributed by atoms with Crippen LogP contribution in [0.1, 0.15) is 28.4 Å². The topological polar surface area (TPSA) is 49.9 Å². The highest BCUT2D eigenvalue weighted by molar-refractivity contribution is 5.94. The molecule has 1 fully saturated rings. The number of Topliss-reactive ketones (excluding diaryl/α,β-unsaturated/α-hetero) is 1. The van der Waals surface area contributed by atoms with Crippen molar-refractivity contribution in [1.29, 1.82) is 0 Å². The highest BCUT2D eigenvalue weighted by Gasteiger charge is 2.21. The van der Waals surface area contributed by atoms with Gasteiger partial charge in [-0.2, -0.15) is 0 Å². The molecule has 5 heteroatoms. The Kier molecular flexibility index (Phi) is 6.24. The van der Waals surface area contributed by atoms with Crippen molar-refractivity contribution in [3.05, 3.63) is 65.2 Å². The zero-order valence-electron chi connectivity index (χ0n) is 16.0. The summed E-state index contributed by atoms with van der Waals surface area (Å²) in [5, 5.41) is 0. The molecule has 1 saturated heterocycles. The molecule has 1 aliphatic rings. The summed E-state index contributed by atoms with van der Waals surface area (Å²) in [5.41, 5.74) is 3.22. The second kappa shape index (κ2) is 8.82. The second-order valence-electron chi connectivity index (χ2n) is 7.02. The third-order valence-corrected chi connectivity index (χ3v) is 4.84. The molecule has 0 spiro atoms. The number of nitrogens with zero attached hydrogens (tertiary/aromatic N) is 2. The Morgan fingerprint density at radius 1 is 1.00 bits per heavy atom. The summed E-state index contributed by atoms with van der Waals surface area (Å²) in [4.78, 5) is 27.9. The number of benzene rings is 2. The standard InChI is InChI=1S/C22H26N2O3/c1-17-4-3-5-19(14-17)15-23-10-12-24(13-11-23)22(26)16-27-21-8-6-20(7-9-21)18(2)25/h3-9,14H,10-13,15-16H2,1-2H3. The average molecular weight is 366 g/mol. The van der Waals surface area contributed by atoms with Gasteiger partial charge in [-0.15, -0.1) is 0 Å². The third-order valence-electron chi connectivity index (χ3n) is 4.84. The molecule has 0 aromatic heterocycles. The van der Waals surface area contributed by atoms with Crippen LogP contribution in [0.5, 0.6) is 5.75 Å². The molecule has 5 nitrogen and oxygen atoms in total. The van der Waals surface area contributed by atoms with E-state index in [9.17, 15) is 9.59 Å². The lowest BCUT2D eigenvalue weighted by atomic mass is 10.1. The Morgan fingerprint density at radius 3 is 2.33 bits per heavy atom. The average Bonchev–Trinajstić information content (AvgIpc) is 2.67. The molecule has 1 heterocycles. The first kappa shape index (κ1) is 19.1. The van der Waals surface area contributed by atoms with E-state index >= 15 is 0 Å². The SMILES string of the molecule is CC(=O)c1ccc(OCC(=O)N2CCN(Cc3cccc(C)c3)CC2)cc1. The van der Waals surface area contributed by atoms with Crippen molar-refractivity contribution in [1.82, 2.24) is 9.80 Å². The molecular formula is C22H26N2O3. The highest BCUT2D eigenvalue weighted by atomic mass is 16.5. The molecule has 2 aromatic carbocycles. The summed E-state index contributed by atoms with van der Waals surface area (Å²) in [5.74, 6) is 0.619. The van der Waals surface area contributed by atoms with Crippen molar-refractivity contribution < 1.29 is 14.3 Å². The van der Waals surface area contributed by atoms with E-state index < -0.39 is 0 Å². The van der Waals surface area contributed by atoms with Gasteiger partial charge in [0.05, 0.1) is 0 Å². The molecule has 0 bridgehead atoms. The molecule has 1 aliphatic heterocycles. The van der Waals surface area contributed by atoms with E-state index in [0.717, 1.165) is 32.7 Å². The second-order valence-corrected chi connectivity index (χ2v) is 7.02. The summed E-state index contributed by atoms with van der Waals surface area (Å²) >= 11 is 0. The Balaban J connectivity index is 1.43. The molecule has 0 radical (unpaired) electrons. The maximum atomic E-state index is 12.4. The maximum absolute atomic E-state index is 12.4. The van der Waals surface area contributed by atoms with Crippen LogP contribution in [0.3, 0.4) is 0 Å². The fourth-order valence-corrected chi connectivity index (χ4v) is 3.25. The van der Waals surface area contributed by atoms with E-state index in [0.29, 0.717) is 11.3 Å². The first-order valence-corrected chi connectivity index (χ1v) is 9.31. The number of carbonyl (C=O) groups excluding carboxylic acids is 2. The highest BCUT2D eigenvalue weighted by Crippen LogP contribution is 2.14. The summed E-state index contributed by atoms with van der Waals surface area (Å²) in [6.07, 6.45) is 0. The van der Waals surface area contributed by atoms with E-state index in [4.69, 9.17) is 4.74 Å². The van der Waals surface area contributed by atoms with Gasteiger partial charge in [0.15, 0.2) is 12.4 Å². The van der Waals surface area contributed by atoms with Gasteiger partial charge in [-0.3, -0.25) is 14.5 Å². The quantitative estimate of drug-likeness (QED) is 0.738. The fourth-order valence-electron chi connectivity index (χ4n) is 3.25. The minimum absolute atomic E-state index is 0.000787. The lowest BCUT2D eigenvalue weighted by Gasteiger charge is -2.34. The molecule has 3 rings (SSSR count). The first-order chi connectivity index (χ1) is 13.0. The number of piperazine rings is 1.